The van der Waals surface area contributed by atoms with Gasteiger partial charge >= 0.3 is 11.1 Å². The molecule has 2 aromatic rings. The zero-order valence-electron chi connectivity index (χ0n) is 8.24. The number of aromatic amines is 1. The van der Waals surface area contributed by atoms with Crippen molar-refractivity contribution >= 4 is 22.6 Å². The van der Waals surface area contributed by atoms with Gasteiger partial charge in [-0.25, -0.2) is 0 Å². The topological polar surface area (TPSA) is 75.1 Å². The molecule has 0 unspecified atom stereocenters. The van der Waals surface area contributed by atoms with Gasteiger partial charge in [0.15, 0.2) is 0 Å². The largest absolute Gasteiger partial charge is 0.395 e. The Labute approximate surface area is 94.9 Å². The van der Waals surface area contributed by atoms with Gasteiger partial charge in [0.2, 0.25) is 0 Å². The van der Waals surface area contributed by atoms with Crippen LogP contribution < -0.4 is 11.1 Å². The molecular formula is C10H9ClN2O3. The Kier molecular flexibility index (Phi) is 2.80. The quantitative estimate of drug-likeness (QED) is 0.743. The first-order chi connectivity index (χ1) is 7.63. The number of H-pyrrole nitrogens is 1. The molecule has 0 spiro atoms. The highest BCUT2D eigenvalue weighted by atomic mass is 35.5. The van der Waals surface area contributed by atoms with E-state index in [0.29, 0.717) is 16.1 Å². The van der Waals surface area contributed by atoms with Gasteiger partial charge in [0.05, 0.1) is 17.6 Å². The lowest BCUT2D eigenvalue weighted by molar-refractivity contribution is 0.276. The average Bonchev–Trinajstić information content (AvgIpc) is 2.24. The molecule has 1 aromatic carbocycles. The molecule has 0 aliphatic carbocycles. The summed E-state index contributed by atoms with van der Waals surface area (Å²) >= 11 is 5.78. The smallest absolute Gasteiger partial charge is 0.316 e. The van der Waals surface area contributed by atoms with Crippen molar-refractivity contribution in [3.63, 3.8) is 0 Å². The molecule has 0 atom stereocenters. The van der Waals surface area contributed by atoms with Crippen LogP contribution in [-0.2, 0) is 6.54 Å². The van der Waals surface area contributed by atoms with Gasteiger partial charge in [-0.05, 0) is 18.2 Å². The Morgan fingerprint density at radius 3 is 2.81 bits per heavy atom. The van der Waals surface area contributed by atoms with Crippen molar-refractivity contribution in [3.05, 3.63) is 43.9 Å². The molecule has 0 aliphatic rings. The van der Waals surface area contributed by atoms with Crippen LogP contribution in [0.15, 0.2) is 27.8 Å². The molecule has 16 heavy (non-hydrogen) atoms. The Hall–Kier alpha value is -1.59. The lowest BCUT2D eigenvalue weighted by atomic mass is 10.3. The maximum atomic E-state index is 11.5. The van der Waals surface area contributed by atoms with E-state index in [0.717, 1.165) is 0 Å². The number of aromatic nitrogens is 2. The van der Waals surface area contributed by atoms with Crippen LogP contribution in [0.2, 0.25) is 5.02 Å². The molecule has 84 valence electrons. The van der Waals surface area contributed by atoms with Crippen molar-refractivity contribution in [1.29, 1.82) is 0 Å². The number of nitrogens with zero attached hydrogens (tertiary/aromatic N) is 1. The third kappa shape index (κ3) is 1.75. The standard InChI is InChI=1S/C10H9ClN2O3/c11-6-1-2-8-7(5-6)12-9(15)10(16)13(8)3-4-14/h1-2,5,14H,3-4H2,(H,12,15). The SMILES string of the molecule is O=c1[nH]c2cc(Cl)ccc2n(CCO)c1=O. The van der Waals surface area contributed by atoms with Crippen molar-refractivity contribution in [3.8, 4) is 0 Å². The van der Waals surface area contributed by atoms with Crippen LogP contribution in [0.25, 0.3) is 11.0 Å². The predicted molar refractivity (Wildman–Crippen MR) is 60.9 cm³/mol. The molecule has 0 saturated carbocycles. The van der Waals surface area contributed by atoms with Gasteiger partial charge in [-0.3, -0.25) is 14.2 Å². The van der Waals surface area contributed by atoms with Gasteiger partial charge in [-0.1, -0.05) is 11.6 Å². The summed E-state index contributed by atoms with van der Waals surface area (Å²) in [7, 11) is 0. The van der Waals surface area contributed by atoms with E-state index in [-0.39, 0.29) is 13.2 Å². The van der Waals surface area contributed by atoms with Crippen molar-refractivity contribution in [2.24, 2.45) is 0 Å². The number of nitrogens with one attached hydrogen (secondary N) is 1. The van der Waals surface area contributed by atoms with Crippen LogP contribution in [0.5, 0.6) is 0 Å². The van der Waals surface area contributed by atoms with E-state index in [4.69, 9.17) is 16.7 Å². The lowest BCUT2D eigenvalue weighted by Crippen LogP contribution is -2.36. The second-order valence-corrected chi connectivity index (χ2v) is 3.73. The fourth-order valence-corrected chi connectivity index (χ4v) is 1.75. The maximum absolute atomic E-state index is 11.5. The minimum atomic E-state index is -0.719. The third-order valence-corrected chi connectivity index (χ3v) is 2.50. The first-order valence-corrected chi connectivity index (χ1v) is 5.04. The van der Waals surface area contributed by atoms with E-state index in [1.54, 1.807) is 18.2 Å². The lowest BCUT2D eigenvalue weighted by Gasteiger charge is -2.07. The summed E-state index contributed by atoms with van der Waals surface area (Å²) in [6.45, 7) is -0.123. The van der Waals surface area contributed by atoms with Gasteiger partial charge < -0.3 is 10.1 Å². The summed E-state index contributed by atoms with van der Waals surface area (Å²) in [5, 5.41) is 9.32. The molecule has 2 rings (SSSR count). The van der Waals surface area contributed by atoms with Crippen LogP contribution in [0.3, 0.4) is 0 Å². The van der Waals surface area contributed by atoms with Crippen molar-refractivity contribution < 1.29 is 5.11 Å². The molecule has 2 N–H and O–H groups in total. The van der Waals surface area contributed by atoms with E-state index in [2.05, 4.69) is 4.98 Å². The zero-order valence-corrected chi connectivity index (χ0v) is 8.99. The zero-order chi connectivity index (χ0) is 11.7. The first-order valence-electron chi connectivity index (χ1n) is 4.66. The monoisotopic (exact) mass is 240 g/mol. The van der Waals surface area contributed by atoms with E-state index in [9.17, 15) is 9.59 Å². The van der Waals surface area contributed by atoms with Crippen LogP contribution in [0, 0.1) is 0 Å². The Morgan fingerprint density at radius 2 is 2.12 bits per heavy atom. The first kappa shape index (κ1) is 10.9. The Bertz CT molecular complexity index is 645. The molecule has 0 bridgehead atoms. The molecule has 0 fully saturated rings. The third-order valence-electron chi connectivity index (χ3n) is 2.26. The van der Waals surface area contributed by atoms with Crippen LogP contribution >= 0.6 is 11.6 Å². The molecule has 5 nitrogen and oxygen atoms in total. The van der Waals surface area contributed by atoms with E-state index < -0.39 is 11.1 Å². The molecule has 6 heteroatoms. The fourth-order valence-electron chi connectivity index (χ4n) is 1.57. The Balaban J connectivity index is 2.89. The van der Waals surface area contributed by atoms with Gasteiger partial charge in [0.1, 0.15) is 0 Å². The summed E-state index contributed by atoms with van der Waals surface area (Å²) in [5.74, 6) is 0. The number of rotatable bonds is 2. The summed E-state index contributed by atoms with van der Waals surface area (Å²) in [4.78, 5) is 25.3. The highest BCUT2D eigenvalue weighted by Crippen LogP contribution is 2.15. The summed E-state index contributed by atoms with van der Waals surface area (Å²) < 4.78 is 1.23. The molecule has 0 radical (unpaired) electrons. The number of aliphatic hydroxyl groups excluding tert-OH is 1. The maximum Gasteiger partial charge on any atom is 0.316 e. The van der Waals surface area contributed by atoms with Crippen LogP contribution in [-0.4, -0.2) is 21.3 Å². The number of fused-ring (bicyclic) bond motifs is 1. The molecular weight excluding hydrogens is 232 g/mol. The molecule has 1 aromatic heterocycles. The predicted octanol–water partition coefficient (Wildman–Crippen LogP) is 0.335. The van der Waals surface area contributed by atoms with Crippen molar-refractivity contribution in [1.82, 2.24) is 9.55 Å². The number of halogens is 1. The van der Waals surface area contributed by atoms with Gasteiger partial charge in [0, 0.05) is 11.6 Å². The highest BCUT2D eigenvalue weighted by molar-refractivity contribution is 6.31. The minimum Gasteiger partial charge on any atom is -0.395 e. The number of benzene rings is 1. The molecule has 0 saturated heterocycles. The average molecular weight is 241 g/mol. The van der Waals surface area contributed by atoms with Crippen LogP contribution in [0.1, 0.15) is 0 Å². The second kappa shape index (κ2) is 4.11. The molecule has 1 heterocycles. The van der Waals surface area contributed by atoms with Crippen LogP contribution in [0.4, 0.5) is 0 Å². The van der Waals surface area contributed by atoms with Crippen molar-refractivity contribution in [2.75, 3.05) is 6.61 Å². The second-order valence-electron chi connectivity index (χ2n) is 3.30. The fraction of sp³-hybridized carbons (Fsp3) is 0.200. The highest BCUT2D eigenvalue weighted by Gasteiger charge is 2.06. The summed E-state index contributed by atoms with van der Waals surface area (Å²) in [6.07, 6.45) is 0. The van der Waals surface area contributed by atoms with Crippen molar-refractivity contribution in [2.45, 2.75) is 6.54 Å². The Morgan fingerprint density at radius 1 is 1.38 bits per heavy atom. The number of hydrogen-bond acceptors (Lipinski definition) is 3. The normalized spacial score (nSPS) is 10.9. The molecule has 0 amide bonds. The van der Waals surface area contributed by atoms with Gasteiger partial charge in [0.25, 0.3) is 0 Å². The van der Waals surface area contributed by atoms with E-state index in [1.165, 1.54) is 4.57 Å². The summed E-state index contributed by atoms with van der Waals surface area (Å²) in [5.41, 5.74) is -0.374. The number of hydrogen-bond donors (Lipinski definition) is 2. The van der Waals surface area contributed by atoms with Gasteiger partial charge in [-0.15, -0.1) is 0 Å². The van der Waals surface area contributed by atoms with Gasteiger partial charge in [-0.2, -0.15) is 0 Å². The van der Waals surface area contributed by atoms with E-state index >= 15 is 0 Å². The summed E-state index contributed by atoms with van der Waals surface area (Å²) in [6, 6.07) is 4.81. The molecule has 0 aliphatic heterocycles. The minimum absolute atomic E-state index is 0.0842. The van der Waals surface area contributed by atoms with E-state index in [1.807, 2.05) is 0 Å². The number of aliphatic hydroxyl groups is 1.